The molecule has 3 N–H and O–H groups in total. The average Bonchev–Trinajstić information content (AvgIpc) is 2.75. The van der Waals surface area contributed by atoms with E-state index in [1.54, 1.807) is 11.6 Å². The summed E-state index contributed by atoms with van der Waals surface area (Å²) in [5, 5.41) is 6.62. The van der Waals surface area contributed by atoms with Crippen LogP contribution >= 0.6 is 11.3 Å². The Bertz CT molecular complexity index is 562. The van der Waals surface area contributed by atoms with Gasteiger partial charge in [-0.25, -0.2) is 4.98 Å². The lowest BCUT2D eigenvalue weighted by Gasteiger charge is -2.09. The van der Waals surface area contributed by atoms with Crippen LogP contribution in [0.15, 0.2) is 34.7 Å². The number of hydrogen-bond donors (Lipinski definition) is 2. The van der Waals surface area contributed by atoms with E-state index in [2.05, 4.69) is 46.6 Å². The Labute approximate surface area is 116 Å². The van der Waals surface area contributed by atoms with Gasteiger partial charge >= 0.3 is 0 Å². The Morgan fingerprint density at radius 3 is 3.00 bits per heavy atom. The van der Waals surface area contributed by atoms with Gasteiger partial charge in [-0.2, -0.15) is 5.10 Å². The summed E-state index contributed by atoms with van der Waals surface area (Å²) >= 11 is 1.43. The molecule has 0 bridgehead atoms. The quantitative estimate of drug-likeness (QED) is 0.648. The maximum Gasteiger partial charge on any atom is 0.205 e. The van der Waals surface area contributed by atoms with Crippen LogP contribution in [0.3, 0.4) is 0 Å². The number of nitrogens with zero attached hydrogens (tertiary/aromatic N) is 3. The molecular weight excluding hydrogens is 258 g/mol. The first-order valence-corrected chi connectivity index (χ1v) is 6.75. The third kappa shape index (κ3) is 4.35. The second-order valence-electron chi connectivity index (χ2n) is 4.43. The van der Waals surface area contributed by atoms with Crippen molar-refractivity contribution in [2.75, 3.05) is 25.3 Å². The average molecular weight is 275 g/mol. The highest BCUT2D eigenvalue weighted by Gasteiger charge is 1.97. The van der Waals surface area contributed by atoms with Gasteiger partial charge in [-0.05, 0) is 31.3 Å². The molecule has 0 aliphatic heterocycles. The first-order chi connectivity index (χ1) is 9.13. The fourth-order valence-electron chi connectivity index (χ4n) is 1.64. The summed E-state index contributed by atoms with van der Waals surface area (Å²) in [4.78, 5) is 6.20. The van der Waals surface area contributed by atoms with Crippen LogP contribution in [0.5, 0.6) is 0 Å². The molecule has 6 heteroatoms. The summed E-state index contributed by atoms with van der Waals surface area (Å²) in [6.45, 7) is 0.915. The van der Waals surface area contributed by atoms with Gasteiger partial charge in [0.05, 0.1) is 6.21 Å². The molecule has 19 heavy (non-hydrogen) atoms. The molecule has 1 aromatic heterocycles. The highest BCUT2D eigenvalue weighted by Crippen LogP contribution is 2.16. The van der Waals surface area contributed by atoms with E-state index < -0.39 is 0 Å². The monoisotopic (exact) mass is 275 g/mol. The molecule has 1 heterocycles. The number of hydrazone groups is 1. The minimum Gasteiger partial charge on any atom is -0.383 e. The molecule has 0 fully saturated rings. The van der Waals surface area contributed by atoms with Gasteiger partial charge in [0.25, 0.3) is 0 Å². The van der Waals surface area contributed by atoms with Gasteiger partial charge in [-0.1, -0.05) is 18.2 Å². The molecule has 0 aliphatic rings. The topological polar surface area (TPSA) is 66.5 Å². The van der Waals surface area contributed by atoms with Crippen LogP contribution in [-0.4, -0.2) is 30.2 Å². The second-order valence-corrected chi connectivity index (χ2v) is 5.29. The van der Waals surface area contributed by atoms with E-state index in [9.17, 15) is 0 Å². The first-order valence-electron chi connectivity index (χ1n) is 5.87. The number of rotatable bonds is 5. The number of benzene rings is 1. The molecule has 2 rings (SSSR count). The van der Waals surface area contributed by atoms with E-state index in [1.165, 1.54) is 16.9 Å². The zero-order valence-corrected chi connectivity index (χ0v) is 11.8. The van der Waals surface area contributed by atoms with Crippen molar-refractivity contribution < 1.29 is 0 Å². The molecule has 2 aromatic rings. The third-order valence-electron chi connectivity index (χ3n) is 2.35. The number of hydrogen-bond acceptors (Lipinski definition) is 6. The van der Waals surface area contributed by atoms with Crippen molar-refractivity contribution in [3.05, 3.63) is 40.8 Å². The number of nitrogens with two attached hydrogens (primary N) is 1. The van der Waals surface area contributed by atoms with Gasteiger partial charge in [-0.15, -0.1) is 11.3 Å². The zero-order valence-electron chi connectivity index (χ0n) is 11.0. The van der Waals surface area contributed by atoms with Crippen LogP contribution < -0.4 is 11.2 Å². The number of aromatic nitrogens is 1. The summed E-state index contributed by atoms with van der Waals surface area (Å²) in [5.41, 5.74) is 10.7. The Morgan fingerprint density at radius 1 is 1.47 bits per heavy atom. The third-order valence-corrected chi connectivity index (χ3v) is 3.11. The first kappa shape index (κ1) is 13.5. The summed E-state index contributed by atoms with van der Waals surface area (Å²) < 4.78 is 0. The number of nitrogens with one attached hydrogen (secondary N) is 1. The highest BCUT2D eigenvalue weighted by molar-refractivity contribution is 7.14. The molecular formula is C13H17N5S. The van der Waals surface area contributed by atoms with Crippen LogP contribution in [0.2, 0.25) is 0 Å². The molecule has 1 aromatic carbocycles. The van der Waals surface area contributed by atoms with Crippen LogP contribution in [0, 0.1) is 0 Å². The predicted molar refractivity (Wildman–Crippen MR) is 81.6 cm³/mol. The zero-order chi connectivity index (χ0) is 13.7. The van der Waals surface area contributed by atoms with Crippen molar-refractivity contribution in [2.45, 2.75) is 6.54 Å². The van der Waals surface area contributed by atoms with Gasteiger partial charge in [-0.3, -0.25) is 5.43 Å². The van der Waals surface area contributed by atoms with Crippen LogP contribution in [-0.2, 0) is 6.54 Å². The van der Waals surface area contributed by atoms with Crippen LogP contribution in [0.25, 0.3) is 0 Å². The van der Waals surface area contributed by atoms with Crippen molar-refractivity contribution >= 4 is 28.5 Å². The van der Waals surface area contributed by atoms with E-state index >= 15 is 0 Å². The van der Waals surface area contributed by atoms with Crippen molar-refractivity contribution in [2.24, 2.45) is 5.10 Å². The van der Waals surface area contributed by atoms with Crippen molar-refractivity contribution in [3.63, 3.8) is 0 Å². The van der Waals surface area contributed by atoms with Gasteiger partial charge in [0.15, 0.2) is 0 Å². The lowest BCUT2D eigenvalue weighted by molar-refractivity contribution is 0.402. The number of nitrogen functional groups attached to an aromatic ring is 1. The van der Waals surface area contributed by atoms with E-state index in [0.717, 1.165) is 12.1 Å². The fourth-order valence-corrected chi connectivity index (χ4v) is 2.19. The normalized spacial score (nSPS) is 11.3. The molecule has 0 radical (unpaired) electrons. The van der Waals surface area contributed by atoms with Crippen LogP contribution in [0.1, 0.15) is 11.1 Å². The Hall–Kier alpha value is -1.92. The molecule has 0 aliphatic carbocycles. The minimum absolute atomic E-state index is 0.510. The fraction of sp³-hybridized carbons (Fsp3) is 0.231. The van der Waals surface area contributed by atoms with E-state index in [4.69, 9.17) is 5.73 Å². The summed E-state index contributed by atoms with van der Waals surface area (Å²) in [5.74, 6) is 0.510. The lowest BCUT2D eigenvalue weighted by atomic mass is 10.1. The van der Waals surface area contributed by atoms with E-state index in [-0.39, 0.29) is 0 Å². The van der Waals surface area contributed by atoms with Gasteiger partial charge < -0.3 is 10.6 Å². The maximum absolute atomic E-state index is 5.53. The van der Waals surface area contributed by atoms with Gasteiger partial charge in [0.2, 0.25) is 5.13 Å². The van der Waals surface area contributed by atoms with Gasteiger partial charge in [0, 0.05) is 11.9 Å². The Kier molecular flexibility index (Phi) is 4.48. The molecule has 100 valence electrons. The molecule has 0 saturated heterocycles. The van der Waals surface area contributed by atoms with Crippen molar-refractivity contribution in [1.29, 1.82) is 0 Å². The van der Waals surface area contributed by atoms with Crippen molar-refractivity contribution in [1.82, 2.24) is 9.88 Å². The summed E-state index contributed by atoms with van der Waals surface area (Å²) in [7, 11) is 4.10. The molecule has 0 spiro atoms. The standard InChI is InChI=1S/C13H17N5S/c1-18(2)8-11-5-3-4-10(6-11)7-15-17-13-16-12(14)9-19-13/h3-7,9H,8,14H2,1-2H3,(H,16,17). The largest absolute Gasteiger partial charge is 0.383 e. The molecule has 0 amide bonds. The van der Waals surface area contributed by atoms with Crippen LogP contribution in [0.4, 0.5) is 10.9 Å². The summed E-state index contributed by atoms with van der Waals surface area (Å²) in [6, 6.07) is 8.26. The highest BCUT2D eigenvalue weighted by atomic mass is 32.1. The smallest absolute Gasteiger partial charge is 0.205 e. The molecule has 0 unspecified atom stereocenters. The predicted octanol–water partition coefficient (Wildman–Crippen LogP) is 2.23. The number of thiazole rings is 1. The van der Waals surface area contributed by atoms with E-state index in [0.29, 0.717) is 10.9 Å². The molecule has 0 atom stereocenters. The minimum atomic E-state index is 0.510. The van der Waals surface area contributed by atoms with Crippen molar-refractivity contribution in [3.8, 4) is 0 Å². The van der Waals surface area contributed by atoms with E-state index in [1.807, 2.05) is 12.1 Å². The SMILES string of the molecule is CN(C)Cc1cccc(C=NNc2nc(N)cs2)c1. The Balaban J connectivity index is 1.98. The summed E-state index contributed by atoms with van der Waals surface area (Å²) in [6.07, 6.45) is 1.77. The number of anilines is 2. The van der Waals surface area contributed by atoms with Gasteiger partial charge in [0.1, 0.15) is 5.82 Å². The lowest BCUT2D eigenvalue weighted by Crippen LogP contribution is -2.10. The second kappa shape index (κ2) is 6.31. The molecule has 0 saturated carbocycles. The molecule has 5 nitrogen and oxygen atoms in total. The maximum atomic E-state index is 5.53. The Morgan fingerprint density at radius 2 is 2.32 bits per heavy atom.